The van der Waals surface area contributed by atoms with Crippen LogP contribution in [0.5, 0.6) is 11.5 Å². The SMILES string of the molecule is Oc1cc2c(cc1O)C(c1ccccc1)N(C(=S)CCc1ccccc1)CC2. The molecule has 4 rings (SSSR count). The molecule has 1 heterocycles. The quantitative estimate of drug-likeness (QED) is 0.486. The summed E-state index contributed by atoms with van der Waals surface area (Å²) in [6.07, 6.45) is 2.51. The fraction of sp³-hybridized carbons (Fsp3) is 0.208. The Morgan fingerprint density at radius 2 is 1.57 bits per heavy atom. The van der Waals surface area contributed by atoms with E-state index in [0.29, 0.717) is 0 Å². The van der Waals surface area contributed by atoms with Gasteiger partial charge in [-0.2, -0.15) is 0 Å². The molecule has 142 valence electrons. The average molecular weight is 390 g/mol. The van der Waals surface area contributed by atoms with Gasteiger partial charge in [0.15, 0.2) is 11.5 Å². The van der Waals surface area contributed by atoms with Crippen LogP contribution in [0, 0.1) is 0 Å². The zero-order chi connectivity index (χ0) is 19.5. The van der Waals surface area contributed by atoms with Crippen LogP contribution in [-0.4, -0.2) is 26.6 Å². The fourth-order valence-corrected chi connectivity index (χ4v) is 4.25. The molecule has 3 aromatic carbocycles. The van der Waals surface area contributed by atoms with Gasteiger partial charge in [-0.15, -0.1) is 0 Å². The topological polar surface area (TPSA) is 43.7 Å². The first kappa shape index (κ1) is 18.5. The van der Waals surface area contributed by atoms with Crippen molar-refractivity contribution in [2.75, 3.05) is 6.54 Å². The van der Waals surface area contributed by atoms with E-state index in [1.165, 1.54) is 5.56 Å². The van der Waals surface area contributed by atoms with E-state index in [2.05, 4.69) is 41.3 Å². The van der Waals surface area contributed by atoms with E-state index < -0.39 is 0 Å². The molecule has 0 saturated heterocycles. The van der Waals surface area contributed by atoms with Crippen LogP contribution in [-0.2, 0) is 12.8 Å². The number of nitrogens with zero attached hydrogens (tertiary/aromatic N) is 1. The first-order valence-electron chi connectivity index (χ1n) is 9.56. The largest absolute Gasteiger partial charge is 0.504 e. The molecule has 0 spiro atoms. The molecular weight excluding hydrogens is 366 g/mol. The molecule has 3 nitrogen and oxygen atoms in total. The normalized spacial score (nSPS) is 15.9. The third-order valence-corrected chi connectivity index (χ3v) is 5.81. The highest BCUT2D eigenvalue weighted by atomic mass is 32.1. The number of rotatable bonds is 4. The Morgan fingerprint density at radius 3 is 2.29 bits per heavy atom. The average Bonchev–Trinajstić information content (AvgIpc) is 2.73. The van der Waals surface area contributed by atoms with Crippen LogP contribution in [0.3, 0.4) is 0 Å². The van der Waals surface area contributed by atoms with Gasteiger partial charge in [0.05, 0.1) is 11.0 Å². The van der Waals surface area contributed by atoms with Crippen LogP contribution in [0.1, 0.15) is 34.7 Å². The van der Waals surface area contributed by atoms with Gasteiger partial charge in [-0.05, 0) is 47.2 Å². The van der Waals surface area contributed by atoms with E-state index in [1.54, 1.807) is 12.1 Å². The minimum atomic E-state index is -0.0864. The summed E-state index contributed by atoms with van der Waals surface area (Å²) in [5, 5.41) is 20.0. The number of thiocarbonyl (C=S) groups is 1. The van der Waals surface area contributed by atoms with Crippen molar-refractivity contribution in [1.82, 2.24) is 4.90 Å². The Kier molecular flexibility index (Phi) is 5.31. The summed E-state index contributed by atoms with van der Waals surface area (Å²) in [5.74, 6) is -0.151. The number of benzene rings is 3. The van der Waals surface area contributed by atoms with Crippen LogP contribution >= 0.6 is 12.2 Å². The summed E-state index contributed by atoms with van der Waals surface area (Å²) in [6, 6.07) is 23.9. The Morgan fingerprint density at radius 1 is 0.929 bits per heavy atom. The van der Waals surface area contributed by atoms with Gasteiger partial charge in [0, 0.05) is 13.0 Å². The molecule has 28 heavy (non-hydrogen) atoms. The summed E-state index contributed by atoms with van der Waals surface area (Å²) in [6.45, 7) is 0.796. The third kappa shape index (κ3) is 3.73. The number of aryl methyl sites for hydroxylation is 1. The van der Waals surface area contributed by atoms with Gasteiger partial charge in [-0.1, -0.05) is 72.9 Å². The Hall–Kier alpha value is -2.85. The molecule has 0 amide bonds. The van der Waals surface area contributed by atoms with Crippen molar-refractivity contribution in [3.63, 3.8) is 0 Å². The monoisotopic (exact) mass is 389 g/mol. The molecule has 1 aliphatic heterocycles. The predicted molar refractivity (Wildman–Crippen MR) is 116 cm³/mol. The maximum Gasteiger partial charge on any atom is 0.157 e. The Labute approximate surface area is 170 Å². The second kappa shape index (κ2) is 8.03. The summed E-state index contributed by atoms with van der Waals surface area (Å²) in [4.78, 5) is 3.20. The highest BCUT2D eigenvalue weighted by Crippen LogP contribution is 2.40. The molecule has 4 heteroatoms. The maximum atomic E-state index is 10.1. The van der Waals surface area contributed by atoms with Gasteiger partial charge in [0.1, 0.15) is 0 Å². The van der Waals surface area contributed by atoms with Crippen molar-refractivity contribution in [3.8, 4) is 11.5 Å². The van der Waals surface area contributed by atoms with Crippen LogP contribution in [0.2, 0.25) is 0 Å². The molecular formula is C24H23NO2S. The predicted octanol–water partition coefficient (Wildman–Crippen LogP) is 5.01. The molecule has 1 aliphatic rings. The summed E-state index contributed by atoms with van der Waals surface area (Å²) in [5.41, 5.74) is 4.48. The van der Waals surface area contributed by atoms with Crippen molar-refractivity contribution in [1.29, 1.82) is 0 Å². The van der Waals surface area contributed by atoms with Gasteiger partial charge < -0.3 is 15.1 Å². The lowest BCUT2D eigenvalue weighted by molar-refractivity contribution is 0.333. The summed E-state index contributed by atoms with van der Waals surface area (Å²) >= 11 is 5.85. The standard InChI is InChI=1S/C24H23NO2S/c26-21-15-19-13-14-25(23(28)12-11-17-7-3-1-4-8-17)24(20(19)16-22(21)27)18-9-5-2-6-10-18/h1-10,15-16,24,26-27H,11-14H2. The molecule has 3 aromatic rings. The fourth-order valence-electron chi connectivity index (χ4n) is 3.95. The number of hydrogen-bond acceptors (Lipinski definition) is 3. The van der Waals surface area contributed by atoms with Gasteiger partial charge in [0.2, 0.25) is 0 Å². The van der Waals surface area contributed by atoms with E-state index in [-0.39, 0.29) is 17.5 Å². The van der Waals surface area contributed by atoms with Crippen LogP contribution in [0.4, 0.5) is 0 Å². The lowest BCUT2D eigenvalue weighted by Crippen LogP contribution is -2.39. The van der Waals surface area contributed by atoms with E-state index in [4.69, 9.17) is 12.2 Å². The highest BCUT2D eigenvalue weighted by molar-refractivity contribution is 7.80. The number of fused-ring (bicyclic) bond motifs is 1. The lowest BCUT2D eigenvalue weighted by atomic mass is 9.87. The molecule has 2 N–H and O–H groups in total. The number of phenols is 2. The van der Waals surface area contributed by atoms with Crippen molar-refractivity contribution in [2.45, 2.75) is 25.3 Å². The molecule has 0 radical (unpaired) electrons. The van der Waals surface area contributed by atoms with E-state index >= 15 is 0 Å². The zero-order valence-corrected chi connectivity index (χ0v) is 16.4. The summed E-state index contributed by atoms with van der Waals surface area (Å²) < 4.78 is 0. The lowest BCUT2D eigenvalue weighted by Gasteiger charge is -2.39. The first-order valence-corrected chi connectivity index (χ1v) is 9.97. The van der Waals surface area contributed by atoms with Crippen LogP contribution in [0.25, 0.3) is 0 Å². The molecule has 0 aliphatic carbocycles. The van der Waals surface area contributed by atoms with Gasteiger partial charge in [-0.3, -0.25) is 0 Å². The third-order valence-electron chi connectivity index (χ3n) is 5.37. The first-order chi connectivity index (χ1) is 13.6. The van der Waals surface area contributed by atoms with Gasteiger partial charge in [0.25, 0.3) is 0 Å². The molecule has 1 unspecified atom stereocenters. The van der Waals surface area contributed by atoms with Gasteiger partial charge >= 0.3 is 0 Å². The highest BCUT2D eigenvalue weighted by Gasteiger charge is 2.31. The molecule has 0 saturated carbocycles. The molecule has 0 fully saturated rings. The molecule has 0 bridgehead atoms. The minimum absolute atomic E-state index is 0.0558. The number of hydrogen-bond donors (Lipinski definition) is 2. The second-order valence-electron chi connectivity index (χ2n) is 7.18. The van der Waals surface area contributed by atoms with Crippen molar-refractivity contribution in [3.05, 3.63) is 95.1 Å². The Bertz CT molecular complexity index is 973. The molecule has 1 atom stereocenters. The van der Waals surface area contributed by atoms with E-state index in [1.807, 2.05) is 24.3 Å². The van der Waals surface area contributed by atoms with Crippen molar-refractivity contribution in [2.24, 2.45) is 0 Å². The number of phenolic OH excluding ortho intramolecular Hbond substituents is 2. The van der Waals surface area contributed by atoms with Crippen molar-refractivity contribution < 1.29 is 10.2 Å². The van der Waals surface area contributed by atoms with E-state index in [9.17, 15) is 10.2 Å². The zero-order valence-electron chi connectivity index (χ0n) is 15.6. The number of aromatic hydroxyl groups is 2. The summed E-state index contributed by atoms with van der Waals surface area (Å²) in [7, 11) is 0. The molecule has 0 aromatic heterocycles. The minimum Gasteiger partial charge on any atom is -0.504 e. The van der Waals surface area contributed by atoms with Crippen LogP contribution in [0.15, 0.2) is 72.8 Å². The van der Waals surface area contributed by atoms with E-state index in [0.717, 1.165) is 47.5 Å². The Balaban J connectivity index is 1.66. The second-order valence-corrected chi connectivity index (χ2v) is 7.65. The van der Waals surface area contributed by atoms with Gasteiger partial charge in [-0.25, -0.2) is 0 Å². The smallest absolute Gasteiger partial charge is 0.157 e. The van der Waals surface area contributed by atoms with Crippen molar-refractivity contribution >= 4 is 17.2 Å². The van der Waals surface area contributed by atoms with Crippen LogP contribution < -0.4 is 0 Å². The maximum absolute atomic E-state index is 10.1.